The molecule has 1 unspecified atom stereocenters. The molecule has 1 aliphatic rings. The Morgan fingerprint density at radius 2 is 2.08 bits per heavy atom. The minimum absolute atomic E-state index is 0.0747. The minimum Gasteiger partial charge on any atom is -0.396 e. The smallest absolute Gasteiger partial charge is 0.0496 e. The summed E-state index contributed by atoms with van der Waals surface area (Å²) < 4.78 is 0. The van der Waals surface area contributed by atoms with Crippen molar-refractivity contribution in [3.63, 3.8) is 0 Å². The molecule has 2 N–H and O–H groups in total. The van der Waals surface area contributed by atoms with Crippen LogP contribution in [0.25, 0.3) is 0 Å². The molecule has 13 heavy (non-hydrogen) atoms. The van der Waals surface area contributed by atoms with Gasteiger partial charge in [-0.2, -0.15) is 0 Å². The quantitative estimate of drug-likeness (QED) is 0.661. The molecule has 1 aliphatic carbocycles. The highest BCUT2D eigenvalue weighted by molar-refractivity contribution is 4.91. The zero-order valence-electron chi connectivity index (χ0n) is 9.19. The SMILES string of the molecule is CCC(C)(CO)CNCC1(C)CC1. The van der Waals surface area contributed by atoms with Gasteiger partial charge in [-0.25, -0.2) is 0 Å². The summed E-state index contributed by atoms with van der Waals surface area (Å²) in [5.41, 5.74) is 0.648. The molecule has 0 saturated heterocycles. The van der Waals surface area contributed by atoms with Crippen molar-refractivity contribution in [1.82, 2.24) is 5.32 Å². The first-order chi connectivity index (χ1) is 6.04. The normalized spacial score (nSPS) is 24.0. The number of hydrogen-bond donors (Lipinski definition) is 2. The fraction of sp³-hybridized carbons (Fsp3) is 1.00. The molecule has 1 rings (SSSR count). The van der Waals surface area contributed by atoms with E-state index in [-0.39, 0.29) is 12.0 Å². The Labute approximate surface area is 81.7 Å². The van der Waals surface area contributed by atoms with Gasteiger partial charge in [0.05, 0.1) is 0 Å². The summed E-state index contributed by atoms with van der Waals surface area (Å²) in [6, 6.07) is 0. The second-order valence-corrected chi connectivity index (χ2v) is 5.24. The van der Waals surface area contributed by atoms with Crippen molar-refractivity contribution in [3.05, 3.63) is 0 Å². The third-order valence-corrected chi connectivity index (χ3v) is 3.44. The Morgan fingerprint density at radius 1 is 1.46 bits per heavy atom. The van der Waals surface area contributed by atoms with Crippen LogP contribution in [0.1, 0.15) is 40.0 Å². The Bertz CT molecular complexity index is 159. The number of rotatable bonds is 6. The standard InChI is InChI=1S/C11H23NO/c1-4-10(2,9-13)7-12-8-11(3)5-6-11/h12-13H,4-9H2,1-3H3. The largest absolute Gasteiger partial charge is 0.396 e. The van der Waals surface area contributed by atoms with Gasteiger partial charge >= 0.3 is 0 Å². The molecule has 0 bridgehead atoms. The van der Waals surface area contributed by atoms with E-state index >= 15 is 0 Å². The monoisotopic (exact) mass is 185 g/mol. The Morgan fingerprint density at radius 3 is 2.46 bits per heavy atom. The zero-order valence-corrected chi connectivity index (χ0v) is 9.19. The summed E-state index contributed by atoms with van der Waals surface area (Å²) in [5.74, 6) is 0. The lowest BCUT2D eigenvalue weighted by Gasteiger charge is -2.26. The number of hydrogen-bond acceptors (Lipinski definition) is 2. The van der Waals surface area contributed by atoms with Crippen LogP contribution in [-0.2, 0) is 0 Å². The maximum absolute atomic E-state index is 9.19. The minimum atomic E-state index is 0.0747. The van der Waals surface area contributed by atoms with Crippen LogP contribution in [0.3, 0.4) is 0 Å². The topological polar surface area (TPSA) is 32.3 Å². The van der Waals surface area contributed by atoms with Crippen LogP contribution in [0.15, 0.2) is 0 Å². The zero-order chi connectivity index (χ0) is 9.95. The average Bonchev–Trinajstić information content (AvgIpc) is 2.84. The van der Waals surface area contributed by atoms with E-state index in [4.69, 9.17) is 0 Å². The highest BCUT2D eigenvalue weighted by atomic mass is 16.3. The fourth-order valence-electron chi connectivity index (χ4n) is 1.35. The Balaban J connectivity index is 2.16. The molecule has 2 heteroatoms. The molecule has 0 amide bonds. The van der Waals surface area contributed by atoms with Gasteiger partial charge in [-0.05, 0) is 24.7 Å². The maximum atomic E-state index is 9.19. The van der Waals surface area contributed by atoms with Crippen LogP contribution in [-0.4, -0.2) is 24.8 Å². The molecule has 0 aromatic carbocycles. The lowest BCUT2D eigenvalue weighted by Crippen LogP contribution is -2.36. The molecule has 0 radical (unpaired) electrons. The van der Waals surface area contributed by atoms with Gasteiger partial charge in [-0.15, -0.1) is 0 Å². The summed E-state index contributed by atoms with van der Waals surface area (Å²) in [5, 5.41) is 12.7. The summed E-state index contributed by atoms with van der Waals surface area (Å²) in [6.07, 6.45) is 3.76. The van der Waals surface area contributed by atoms with Crippen LogP contribution in [0.4, 0.5) is 0 Å². The van der Waals surface area contributed by atoms with Gasteiger partial charge in [0.25, 0.3) is 0 Å². The van der Waals surface area contributed by atoms with E-state index in [1.807, 2.05) is 0 Å². The second-order valence-electron chi connectivity index (χ2n) is 5.24. The third kappa shape index (κ3) is 3.28. The highest BCUT2D eigenvalue weighted by Crippen LogP contribution is 2.44. The molecule has 1 atom stereocenters. The molecule has 0 aromatic heterocycles. The first kappa shape index (κ1) is 11.0. The summed E-state index contributed by atoms with van der Waals surface area (Å²) in [6.45, 7) is 8.93. The van der Waals surface area contributed by atoms with Gasteiger partial charge in [0.2, 0.25) is 0 Å². The predicted molar refractivity (Wildman–Crippen MR) is 55.7 cm³/mol. The predicted octanol–water partition coefficient (Wildman–Crippen LogP) is 1.78. The van der Waals surface area contributed by atoms with Crippen LogP contribution >= 0.6 is 0 Å². The van der Waals surface area contributed by atoms with Crippen LogP contribution in [0, 0.1) is 10.8 Å². The Hall–Kier alpha value is -0.0800. The molecule has 0 aliphatic heterocycles. The fourth-order valence-corrected chi connectivity index (χ4v) is 1.35. The molecule has 78 valence electrons. The van der Waals surface area contributed by atoms with Crippen molar-refractivity contribution < 1.29 is 5.11 Å². The van der Waals surface area contributed by atoms with E-state index in [2.05, 4.69) is 26.1 Å². The van der Waals surface area contributed by atoms with E-state index in [0.29, 0.717) is 5.41 Å². The molecule has 2 nitrogen and oxygen atoms in total. The van der Waals surface area contributed by atoms with Crippen LogP contribution < -0.4 is 5.32 Å². The van der Waals surface area contributed by atoms with Gasteiger partial charge in [0.15, 0.2) is 0 Å². The van der Waals surface area contributed by atoms with Crippen molar-refractivity contribution in [1.29, 1.82) is 0 Å². The van der Waals surface area contributed by atoms with E-state index in [9.17, 15) is 5.11 Å². The lowest BCUT2D eigenvalue weighted by atomic mass is 9.88. The van der Waals surface area contributed by atoms with Crippen LogP contribution in [0.5, 0.6) is 0 Å². The Kier molecular flexibility index (Phi) is 3.36. The van der Waals surface area contributed by atoms with E-state index in [1.54, 1.807) is 0 Å². The van der Waals surface area contributed by atoms with E-state index in [0.717, 1.165) is 19.5 Å². The van der Waals surface area contributed by atoms with Crippen LogP contribution in [0.2, 0.25) is 0 Å². The number of aliphatic hydroxyl groups excluding tert-OH is 1. The number of aliphatic hydroxyl groups is 1. The van der Waals surface area contributed by atoms with Crippen molar-refractivity contribution in [2.24, 2.45) is 10.8 Å². The molecule has 0 aromatic rings. The van der Waals surface area contributed by atoms with Gasteiger partial charge in [0, 0.05) is 25.1 Å². The first-order valence-corrected chi connectivity index (χ1v) is 5.35. The van der Waals surface area contributed by atoms with Crippen molar-refractivity contribution >= 4 is 0 Å². The molecule has 1 saturated carbocycles. The van der Waals surface area contributed by atoms with Crippen molar-refractivity contribution in [2.45, 2.75) is 40.0 Å². The van der Waals surface area contributed by atoms with E-state index < -0.39 is 0 Å². The van der Waals surface area contributed by atoms with Crippen molar-refractivity contribution in [3.8, 4) is 0 Å². The molecule has 1 fully saturated rings. The lowest BCUT2D eigenvalue weighted by molar-refractivity contribution is 0.134. The van der Waals surface area contributed by atoms with Gasteiger partial charge in [-0.1, -0.05) is 20.8 Å². The summed E-state index contributed by atoms with van der Waals surface area (Å²) in [4.78, 5) is 0. The number of nitrogens with one attached hydrogen (secondary N) is 1. The molecular weight excluding hydrogens is 162 g/mol. The average molecular weight is 185 g/mol. The molecular formula is C11H23NO. The maximum Gasteiger partial charge on any atom is 0.0496 e. The first-order valence-electron chi connectivity index (χ1n) is 5.35. The summed E-state index contributed by atoms with van der Waals surface area (Å²) in [7, 11) is 0. The molecule has 0 heterocycles. The summed E-state index contributed by atoms with van der Waals surface area (Å²) >= 11 is 0. The van der Waals surface area contributed by atoms with Crippen molar-refractivity contribution in [2.75, 3.05) is 19.7 Å². The second kappa shape index (κ2) is 3.97. The van der Waals surface area contributed by atoms with Gasteiger partial charge in [0.1, 0.15) is 0 Å². The van der Waals surface area contributed by atoms with Gasteiger partial charge in [-0.3, -0.25) is 0 Å². The van der Waals surface area contributed by atoms with Gasteiger partial charge < -0.3 is 10.4 Å². The third-order valence-electron chi connectivity index (χ3n) is 3.44. The molecule has 0 spiro atoms. The van der Waals surface area contributed by atoms with E-state index in [1.165, 1.54) is 12.8 Å². The highest BCUT2D eigenvalue weighted by Gasteiger charge is 2.37.